The summed E-state index contributed by atoms with van der Waals surface area (Å²) in [5, 5.41) is 7.45. The van der Waals surface area contributed by atoms with E-state index < -0.39 is 0 Å². The third-order valence-electron chi connectivity index (χ3n) is 3.79. The summed E-state index contributed by atoms with van der Waals surface area (Å²) in [4.78, 5) is 12.2. The molecule has 0 unspecified atom stereocenters. The van der Waals surface area contributed by atoms with E-state index in [9.17, 15) is 4.79 Å². The lowest BCUT2D eigenvalue weighted by molar-refractivity contribution is 0.101. The highest BCUT2D eigenvalue weighted by molar-refractivity contribution is 6.05. The quantitative estimate of drug-likeness (QED) is 0.719. The van der Waals surface area contributed by atoms with Crippen LogP contribution in [0.4, 0.5) is 0 Å². The van der Waals surface area contributed by atoms with Crippen molar-refractivity contribution in [2.24, 2.45) is 0 Å². The third kappa shape index (κ3) is 2.58. The minimum absolute atomic E-state index is 0.0181. The molecule has 0 spiro atoms. The number of nitrogens with zero attached hydrogens (tertiary/aromatic N) is 1. The molecular formula is C19H18N2O. The highest BCUT2D eigenvalue weighted by Crippen LogP contribution is 2.30. The minimum Gasteiger partial charge on any atom is -0.294 e. The topological polar surface area (TPSA) is 45.8 Å². The van der Waals surface area contributed by atoms with E-state index in [0.717, 1.165) is 28.9 Å². The second-order valence-electron chi connectivity index (χ2n) is 5.30. The molecule has 2 aromatic carbocycles. The molecule has 0 atom stereocenters. The van der Waals surface area contributed by atoms with Crippen LogP contribution in [-0.4, -0.2) is 16.0 Å². The predicted molar refractivity (Wildman–Crippen MR) is 88.8 cm³/mol. The van der Waals surface area contributed by atoms with Crippen molar-refractivity contribution < 1.29 is 4.79 Å². The van der Waals surface area contributed by atoms with E-state index in [1.165, 1.54) is 5.56 Å². The number of carbonyl (C=O) groups is 1. The van der Waals surface area contributed by atoms with Crippen molar-refractivity contribution in [3.63, 3.8) is 0 Å². The fourth-order valence-corrected chi connectivity index (χ4v) is 2.65. The number of nitrogens with one attached hydrogen (secondary N) is 1. The predicted octanol–water partition coefficient (Wildman–Crippen LogP) is 4.51. The molecule has 0 bridgehead atoms. The molecule has 0 saturated carbocycles. The van der Waals surface area contributed by atoms with Gasteiger partial charge in [-0.05, 0) is 25.0 Å². The maximum Gasteiger partial charge on any atom is 0.164 e. The van der Waals surface area contributed by atoms with Crippen LogP contribution in [0.15, 0.2) is 54.6 Å². The molecule has 3 rings (SSSR count). The van der Waals surface area contributed by atoms with Gasteiger partial charge in [-0.3, -0.25) is 9.89 Å². The Kier molecular flexibility index (Phi) is 3.88. The van der Waals surface area contributed by atoms with Crippen molar-refractivity contribution in [1.82, 2.24) is 10.2 Å². The molecule has 22 heavy (non-hydrogen) atoms. The number of rotatable bonds is 4. The summed E-state index contributed by atoms with van der Waals surface area (Å²) in [6.07, 6.45) is 0.958. The Hall–Kier alpha value is -2.68. The van der Waals surface area contributed by atoms with Gasteiger partial charge in [-0.25, -0.2) is 0 Å². The first-order chi connectivity index (χ1) is 10.7. The first-order valence-electron chi connectivity index (χ1n) is 7.44. The lowest BCUT2D eigenvalue weighted by Gasteiger charge is -2.04. The van der Waals surface area contributed by atoms with Gasteiger partial charge in [-0.2, -0.15) is 5.10 Å². The molecule has 0 radical (unpaired) electrons. The normalized spacial score (nSPS) is 10.6. The first kappa shape index (κ1) is 14.3. The molecule has 0 aliphatic heterocycles. The Morgan fingerprint density at radius 3 is 2.45 bits per heavy atom. The highest BCUT2D eigenvalue weighted by atomic mass is 16.1. The molecule has 1 heterocycles. The smallest absolute Gasteiger partial charge is 0.164 e. The van der Waals surface area contributed by atoms with Gasteiger partial charge in [0, 0.05) is 11.1 Å². The molecule has 110 valence electrons. The molecule has 1 N–H and O–H groups in total. The van der Waals surface area contributed by atoms with E-state index >= 15 is 0 Å². The van der Waals surface area contributed by atoms with Crippen LogP contribution in [-0.2, 0) is 6.42 Å². The maximum atomic E-state index is 12.2. The Balaban J connectivity index is 2.17. The minimum atomic E-state index is 0.0181. The zero-order chi connectivity index (χ0) is 15.5. The van der Waals surface area contributed by atoms with E-state index in [4.69, 9.17) is 0 Å². The van der Waals surface area contributed by atoms with Crippen LogP contribution < -0.4 is 0 Å². The van der Waals surface area contributed by atoms with Crippen molar-refractivity contribution in [1.29, 1.82) is 0 Å². The molecule has 3 aromatic rings. The van der Waals surface area contributed by atoms with Gasteiger partial charge in [0.25, 0.3) is 0 Å². The molecule has 0 aliphatic rings. The second kappa shape index (κ2) is 5.98. The summed E-state index contributed by atoms with van der Waals surface area (Å²) >= 11 is 0. The van der Waals surface area contributed by atoms with Crippen LogP contribution in [0.25, 0.3) is 22.5 Å². The SMILES string of the molecule is CCc1cccc(-c2n[nH]c(-c3ccccc3)c2C(C)=O)c1. The van der Waals surface area contributed by atoms with Crippen LogP contribution in [0.2, 0.25) is 0 Å². The van der Waals surface area contributed by atoms with Crippen molar-refractivity contribution >= 4 is 5.78 Å². The molecule has 0 fully saturated rings. The number of aryl methyl sites for hydroxylation is 1. The van der Waals surface area contributed by atoms with Crippen LogP contribution in [0.1, 0.15) is 29.8 Å². The van der Waals surface area contributed by atoms with Crippen molar-refractivity contribution in [2.75, 3.05) is 0 Å². The summed E-state index contributed by atoms with van der Waals surface area (Å²) in [6, 6.07) is 18.0. The van der Waals surface area contributed by atoms with E-state index in [1.54, 1.807) is 6.92 Å². The zero-order valence-electron chi connectivity index (χ0n) is 12.8. The number of carbonyl (C=O) groups excluding carboxylic acids is 1. The standard InChI is InChI=1S/C19H18N2O/c1-3-14-8-7-11-16(12-14)19-17(13(2)22)18(20-21-19)15-9-5-4-6-10-15/h4-12H,3H2,1-2H3,(H,20,21). The number of hydrogen-bond donors (Lipinski definition) is 1. The van der Waals surface area contributed by atoms with E-state index in [0.29, 0.717) is 5.56 Å². The van der Waals surface area contributed by atoms with Gasteiger partial charge >= 0.3 is 0 Å². The van der Waals surface area contributed by atoms with Crippen LogP contribution >= 0.6 is 0 Å². The Morgan fingerprint density at radius 2 is 1.77 bits per heavy atom. The second-order valence-corrected chi connectivity index (χ2v) is 5.30. The summed E-state index contributed by atoms with van der Waals surface area (Å²) in [7, 11) is 0. The zero-order valence-corrected chi connectivity index (χ0v) is 12.8. The van der Waals surface area contributed by atoms with Gasteiger partial charge in [0.15, 0.2) is 5.78 Å². The van der Waals surface area contributed by atoms with Crippen LogP contribution in [0.5, 0.6) is 0 Å². The number of ketones is 1. The fraction of sp³-hybridized carbons (Fsp3) is 0.158. The molecule has 0 aliphatic carbocycles. The molecular weight excluding hydrogens is 272 g/mol. The highest BCUT2D eigenvalue weighted by Gasteiger charge is 2.19. The average molecular weight is 290 g/mol. The van der Waals surface area contributed by atoms with Crippen LogP contribution in [0, 0.1) is 0 Å². The third-order valence-corrected chi connectivity index (χ3v) is 3.79. The number of hydrogen-bond acceptors (Lipinski definition) is 2. The monoisotopic (exact) mass is 290 g/mol. The van der Waals surface area contributed by atoms with Gasteiger partial charge in [-0.15, -0.1) is 0 Å². The number of aromatic amines is 1. The van der Waals surface area contributed by atoms with Crippen molar-refractivity contribution in [3.8, 4) is 22.5 Å². The summed E-state index contributed by atoms with van der Waals surface area (Å²) < 4.78 is 0. The Bertz CT molecular complexity index is 803. The van der Waals surface area contributed by atoms with E-state index in [-0.39, 0.29) is 5.78 Å². The van der Waals surface area contributed by atoms with E-state index in [1.807, 2.05) is 42.5 Å². The fourth-order valence-electron chi connectivity index (χ4n) is 2.65. The summed E-state index contributed by atoms with van der Waals surface area (Å²) in [6.45, 7) is 3.70. The number of Topliss-reactive ketones (excluding diaryl/α,β-unsaturated/α-hetero) is 1. The number of H-pyrrole nitrogens is 1. The van der Waals surface area contributed by atoms with Gasteiger partial charge in [-0.1, -0.05) is 55.5 Å². The molecule has 1 aromatic heterocycles. The number of aromatic nitrogens is 2. The van der Waals surface area contributed by atoms with Crippen molar-refractivity contribution in [3.05, 3.63) is 65.7 Å². The Morgan fingerprint density at radius 1 is 1.05 bits per heavy atom. The van der Waals surface area contributed by atoms with Crippen LogP contribution in [0.3, 0.4) is 0 Å². The van der Waals surface area contributed by atoms with Gasteiger partial charge in [0.1, 0.15) is 5.69 Å². The van der Waals surface area contributed by atoms with E-state index in [2.05, 4.69) is 29.3 Å². The molecule has 0 saturated heterocycles. The lowest BCUT2D eigenvalue weighted by Crippen LogP contribution is -1.96. The lowest BCUT2D eigenvalue weighted by atomic mass is 9.98. The van der Waals surface area contributed by atoms with Gasteiger partial charge in [0.2, 0.25) is 0 Å². The first-order valence-corrected chi connectivity index (χ1v) is 7.44. The summed E-state index contributed by atoms with van der Waals surface area (Å²) in [5.74, 6) is 0.0181. The van der Waals surface area contributed by atoms with Gasteiger partial charge < -0.3 is 0 Å². The molecule has 3 nitrogen and oxygen atoms in total. The molecule has 0 amide bonds. The van der Waals surface area contributed by atoms with Gasteiger partial charge in [0.05, 0.1) is 11.3 Å². The Labute approximate surface area is 130 Å². The maximum absolute atomic E-state index is 12.2. The summed E-state index contributed by atoms with van der Waals surface area (Å²) in [5.41, 5.74) is 5.34. The number of benzene rings is 2. The molecule has 3 heteroatoms. The largest absolute Gasteiger partial charge is 0.294 e. The average Bonchev–Trinajstić information content (AvgIpc) is 3.01. The van der Waals surface area contributed by atoms with Crippen molar-refractivity contribution in [2.45, 2.75) is 20.3 Å².